The van der Waals surface area contributed by atoms with Gasteiger partial charge in [0.2, 0.25) is 0 Å². The second-order valence-corrected chi connectivity index (χ2v) is 1.85. The predicted octanol–water partition coefficient (Wildman–Crippen LogP) is 0.442. The number of hydrogen-bond acceptors (Lipinski definition) is 2. The molecule has 0 fully saturated rings. The Morgan fingerprint density at radius 2 is 2.50 bits per heavy atom. The Kier molecular flexibility index (Phi) is 2.05. The highest BCUT2D eigenvalue weighted by Gasteiger charge is 1.81. The van der Waals surface area contributed by atoms with Gasteiger partial charge in [-0.3, -0.25) is 0 Å². The quantitative estimate of drug-likeness (QED) is 0.558. The summed E-state index contributed by atoms with van der Waals surface area (Å²) in [6.45, 7) is 5.58. The zero-order valence-electron chi connectivity index (χ0n) is 5.87. The number of rotatable bonds is 1. The van der Waals surface area contributed by atoms with Gasteiger partial charge in [-0.1, -0.05) is 18.7 Å². The van der Waals surface area contributed by atoms with Crippen molar-refractivity contribution in [3.63, 3.8) is 0 Å². The van der Waals surface area contributed by atoms with E-state index in [1.807, 2.05) is 25.2 Å². The van der Waals surface area contributed by atoms with E-state index in [-0.39, 0.29) is 0 Å². The van der Waals surface area contributed by atoms with Crippen molar-refractivity contribution in [3.8, 4) is 0 Å². The molecule has 0 unspecified atom stereocenters. The van der Waals surface area contributed by atoms with Crippen molar-refractivity contribution in [1.29, 1.82) is 0 Å². The molecule has 0 aliphatic heterocycles. The summed E-state index contributed by atoms with van der Waals surface area (Å²) in [6.07, 6.45) is 7.06. The van der Waals surface area contributed by atoms with E-state index in [2.05, 4.69) is 11.6 Å². The first kappa shape index (κ1) is 6.81. The summed E-state index contributed by atoms with van der Waals surface area (Å²) in [4.78, 5) is 3.92. The van der Waals surface area contributed by atoms with Crippen molar-refractivity contribution < 1.29 is 4.42 Å². The largest absolute Gasteiger partial charge is 0.444 e. The molecule has 0 saturated carbocycles. The fraction of sp³-hybridized carbons (Fsp3) is 0.125. The second-order valence-electron chi connectivity index (χ2n) is 1.85. The van der Waals surface area contributed by atoms with Crippen molar-refractivity contribution in [1.82, 2.24) is 4.98 Å². The topological polar surface area (TPSA) is 26.0 Å². The minimum Gasteiger partial charge on any atom is -0.444 e. The van der Waals surface area contributed by atoms with Gasteiger partial charge in [0.15, 0.2) is 6.39 Å². The van der Waals surface area contributed by atoms with Crippen LogP contribution in [0.3, 0.4) is 0 Å². The molecule has 2 nitrogen and oxygen atoms in total. The van der Waals surface area contributed by atoms with Gasteiger partial charge in [-0.2, -0.15) is 0 Å². The first-order valence-electron chi connectivity index (χ1n) is 3.06. The minimum absolute atomic E-state index is 0.609. The lowest BCUT2D eigenvalue weighted by molar-refractivity contribution is 0.526. The zero-order chi connectivity index (χ0) is 7.40. The molecule has 0 atom stereocenters. The van der Waals surface area contributed by atoms with Gasteiger partial charge in [-0.25, -0.2) is 4.98 Å². The fourth-order valence-corrected chi connectivity index (χ4v) is 0.602. The Morgan fingerprint density at radius 1 is 1.70 bits per heavy atom. The average Bonchev–Trinajstić information content (AvgIpc) is 2.31. The van der Waals surface area contributed by atoms with E-state index >= 15 is 0 Å². The predicted molar refractivity (Wildman–Crippen MR) is 40.6 cm³/mol. The molecule has 0 radical (unpaired) electrons. The van der Waals surface area contributed by atoms with E-state index in [4.69, 9.17) is 4.42 Å². The maximum Gasteiger partial charge on any atom is 0.181 e. The molecular weight excluding hydrogens is 126 g/mol. The number of hydrogen-bond donors (Lipinski definition) is 0. The lowest BCUT2D eigenvalue weighted by Gasteiger charge is -1.68. The molecule has 0 bridgehead atoms. The van der Waals surface area contributed by atoms with E-state index in [0.29, 0.717) is 5.42 Å². The van der Waals surface area contributed by atoms with Gasteiger partial charge in [-0.15, -0.1) is 0 Å². The van der Waals surface area contributed by atoms with Gasteiger partial charge in [0.25, 0.3) is 0 Å². The molecule has 1 heterocycles. The van der Waals surface area contributed by atoms with E-state index in [1.54, 1.807) is 0 Å². The smallest absolute Gasteiger partial charge is 0.181 e. The van der Waals surface area contributed by atoms with Crippen LogP contribution in [0.5, 0.6) is 0 Å². The normalized spacial score (nSPS) is 13.1. The molecule has 1 aromatic heterocycles. The second kappa shape index (κ2) is 3.01. The van der Waals surface area contributed by atoms with E-state index < -0.39 is 0 Å². The van der Waals surface area contributed by atoms with E-state index in [0.717, 1.165) is 5.35 Å². The highest BCUT2D eigenvalue weighted by Crippen LogP contribution is 1.69. The van der Waals surface area contributed by atoms with Crippen LogP contribution in [0, 0.1) is 0 Å². The van der Waals surface area contributed by atoms with Crippen LogP contribution in [-0.4, -0.2) is 4.98 Å². The molecule has 52 valence electrons. The molecule has 1 rings (SSSR count). The van der Waals surface area contributed by atoms with Gasteiger partial charge in [0, 0.05) is 0 Å². The van der Waals surface area contributed by atoms with Crippen molar-refractivity contribution in [3.05, 3.63) is 29.3 Å². The van der Waals surface area contributed by atoms with Crippen LogP contribution < -0.4 is 10.8 Å². The SMILES string of the molecule is C=c1ocn/c1=C/C=C\C. The molecule has 2 heteroatoms. The first-order chi connectivity index (χ1) is 4.84. The summed E-state index contributed by atoms with van der Waals surface area (Å²) in [5, 5.41) is 0.790. The van der Waals surface area contributed by atoms with E-state index in [1.165, 1.54) is 6.39 Å². The Balaban J connectivity index is 3.16. The summed E-state index contributed by atoms with van der Waals surface area (Å²) in [7, 11) is 0. The van der Waals surface area contributed by atoms with Gasteiger partial charge >= 0.3 is 0 Å². The standard InChI is InChI=1S/C8H9NO/c1-3-4-5-8-7(2)10-6-9-8/h3-6H,2H2,1H3/b4-3-,8-5+. The zero-order valence-corrected chi connectivity index (χ0v) is 5.87. The fourth-order valence-electron chi connectivity index (χ4n) is 0.602. The molecule has 0 N–H and O–H groups in total. The molecule has 0 saturated heterocycles. The Hall–Kier alpha value is -1.31. The Labute approximate surface area is 59.2 Å². The molecule has 0 aliphatic rings. The number of aromatic nitrogens is 1. The Bertz CT molecular complexity index is 321. The average molecular weight is 135 g/mol. The molecule has 0 aliphatic carbocycles. The molecule has 10 heavy (non-hydrogen) atoms. The monoisotopic (exact) mass is 135 g/mol. The molecule has 0 spiro atoms. The lowest BCUT2D eigenvalue weighted by atomic mass is 10.4. The minimum atomic E-state index is 0.609. The van der Waals surface area contributed by atoms with Crippen LogP contribution in [0.4, 0.5) is 0 Å². The van der Waals surface area contributed by atoms with Crippen molar-refractivity contribution in [2.24, 2.45) is 0 Å². The third kappa shape index (κ3) is 1.35. The maximum absolute atomic E-state index is 4.87. The Morgan fingerprint density at radius 3 is 3.00 bits per heavy atom. The van der Waals surface area contributed by atoms with Crippen molar-refractivity contribution >= 4 is 12.7 Å². The highest BCUT2D eigenvalue weighted by molar-refractivity contribution is 5.33. The van der Waals surface area contributed by atoms with Crippen LogP contribution in [0.25, 0.3) is 12.7 Å². The van der Waals surface area contributed by atoms with Crippen molar-refractivity contribution in [2.45, 2.75) is 6.92 Å². The van der Waals surface area contributed by atoms with Crippen LogP contribution >= 0.6 is 0 Å². The van der Waals surface area contributed by atoms with Gasteiger partial charge in [0.05, 0.1) is 0 Å². The lowest BCUT2D eigenvalue weighted by Crippen LogP contribution is -2.19. The van der Waals surface area contributed by atoms with Crippen LogP contribution in [0.2, 0.25) is 0 Å². The molecule has 0 amide bonds. The molecular formula is C8H9NO. The molecule has 0 aromatic carbocycles. The van der Waals surface area contributed by atoms with Crippen LogP contribution in [0.15, 0.2) is 23.0 Å². The first-order valence-corrected chi connectivity index (χ1v) is 3.06. The summed E-state index contributed by atoms with van der Waals surface area (Å²) >= 11 is 0. The number of nitrogens with zero attached hydrogens (tertiary/aromatic N) is 1. The van der Waals surface area contributed by atoms with Crippen LogP contribution in [0.1, 0.15) is 6.92 Å². The molecule has 1 aromatic rings. The van der Waals surface area contributed by atoms with E-state index in [9.17, 15) is 0 Å². The van der Waals surface area contributed by atoms with Gasteiger partial charge in [-0.05, 0) is 13.0 Å². The number of allylic oxidation sites excluding steroid dienone is 2. The number of oxazole rings is 1. The maximum atomic E-state index is 4.87. The summed E-state index contributed by atoms with van der Waals surface area (Å²) in [5.74, 6) is 0. The summed E-state index contributed by atoms with van der Waals surface area (Å²) in [6, 6.07) is 0. The summed E-state index contributed by atoms with van der Waals surface area (Å²) < 4.78 is 4.87. The van der Waals surface area contributed by atoms with Gasteiger partial charge in [0.1, 0.15) is 10.8 Å². The van der Waals surface area contributed by atoms with Crippen molar-refractivity contribution in [2.75, 3.05) is 0 Å². The van der Waals surface area contributed by atoms with Gasteiger partial charge < -0.3 is 4.42 Å². The van der Waals surface area contributed by atoms with Crippen LogP contribution in [-0.2, 0) is 0 Å². The third-order valence-electron chi connectivity index (χ3n) is 1.12. The third-order valence-corrected chi connectivity index (χ3v) is 1.12. The highest BCUT2D eigenvalue weighted by atomic mass is 16.3. The summed E-state index contributed by atoms with van der Waals surface area (Å²) in [5.41, 5.74) is 0.609.